The summed E-state index contributed by atoms with van der Waals surface area (Å²) >= 11 is 0. The minimum Gasteiger partial charge on any atom is -0.508 e. The molecule has 0 aromatic heterocycles. The average Bonchev–Trinajstić information content (AvgIpc) is 2.09. The van der Waals surface area contributed by atoms with Gasteiger partial charge < -0.3 is 5.11 Å². The van der Waals surface area contributed by atoms with Gasteiger partial charge in [-0.1, -0.05) is 19.2 Å². The molecule has 0 atom stereocenters. The van der Waals surface area contributed by atoms with Crippen molar-refractivity contribution in [2.75, 3.05) is 0 Å². The van der Waals surface area contributed by atoms with Crippen LogP contribution in [-0.2, 0) is 0 Å². The molecule has 0 saturated heterocycles. The molecule has 0 aliphatic rings. The Morgan fingerprint density at radius 1 is 1.38 bits per heavy atom. The molecule has 0 aliphatic heterocycles. The molecule has 0 amide bonds. The normalized spacial score (nSPS) is 9.69. The Kier molecular flexibility index (Phi) is 2.46. The lowest BCUT2D eigenvalue weighted by atomic mass is 10.1. The summed E-state index contributed by atoms with van der Waals surface area (Å²) < 4.78 is 25.7. The topological polar surface area (TPSA) is 20.2 Å². The molecule has 0 aliphatic carbocycles. The second-order valence-corrected chi connectivity index (χ2v) is 2.47. The third-order valence-corrected chi connectivity index (χ3v) is 1.65. The molecule has 0 radical (unpaired) electrons. The van der Waals surface area contributed by atoms with Gasteiger partial charge >= 0.3 is 0 Å². The van der Waals surface area contributed by atoms with Gasteiger partial charge in [0.25, 0.3) is 0 Å². The van der Waals surface area contributed by atoms with Gasteiger partial charge in [-0.2, -0.15) is 0 Å². The number of benzene rings is 1. The van der Waals surface area contributed by atoms with E-state index in [1.54, 1.807) is 0 Å². The molecule has 0 unspecified atom stereocenters. The first-order chi connectivity index (χ1) is 6.07. The van der Waals surface area contributed by atoms with E-state index in [0.717, 1.165) is 12.1 Å². The van der Waals surface area contributed by atoms with Crippen LogP contribution < -0.4 is 0 Å². The van der Waals surface area contributed by atoms with Crippen molar-refractivity contribution in [3.8, 4) is 0 Å². The van der Waals surface area contributed by atoms with Crippen LogP contribution in [0.2, 0.25) is 0 Å². The third-order valence-electron chi connectivity index (χ3n) is 1.65. The molecule has 1 N–H and O–H groups in total. The summed E-state index contributed by atoms with van der Waals surface area (Å²) in [5.74, 6) is -2.31. The zero-order valence-electron chi connectivity index (χ0n) is 6.85. The zero-order valence-corrected chi connectivity index (χ0v) is 6.85. The Morgan fingerprint density at radius 2 is 2.00 bits per heavy atom. The van der Waals surface area contributed by atoms with E-state index < -0.39 is 11.6 Å². The highest BCUT2D eigenvalue weighted by atomic mass is 19.2. The van der Waals surface area contributed by atoms with Crippen LogP contribution in [0, 0.1) is 11.6 Å². The number of hydrogen-bond donors (Lipinski definition) is 1. The second-order valence-electron chi connectivity index (χ2n) is 2.47. The summed E-state index contributed by atoms with van der Waals surface area (Å²) in [5.41, 5.74) is 0.0707. The quantitative estimate of drug-likeness (QED) is 0.696. The highest BCUT2D eigenvalue weighted by Gasteiger charge is 2.11. The van der Waals surface area contributed by atoms with Gasteiger partial charge in [0.15, 0.2) is 11.6 Å². The van der Waals surface area contributed by atoms with Crippen LogP contribution in [0.5, 0.6) is 0 Å². The molecule has 68 valence electrons. The highest BCUT2D eigenvalue weighted by molar-refractivity contribution is 5.68. The Morgan fingerprint density at radius 3 is 2.46 bits per heavy atom. The Balaban J connectivity index is 3.47. The molecule has 3 heteroatoms. The van der Waals surface area contributed by atoms with Gasteiger partial charge in [0, 0.05) is 11.1 Å². The Hall–Kier alpha value is -1.64. The molecule has 0 fully saturated rings. The van der Waals surface area contributed by atoms with Gasteiger partial charge in [-0.3, -0.25) is 0 Å². The summed E-state index contributed by atoms with van der Waals surface area (Å²) in [6.45, 7) is 6.54. The van der Waals surface area contributed by atoms with Gasteiger partial charge in [-0.05, 0) is 12.1 Å². The zero-order chi connectivity index (χ0) is 10.0. The molecular formula is C10H8F2O. The van der Waals surface area contributed by atoms with Crippen molar-refractivity contribution in [3.63, 3.8) is 0 Å². The van der Waals surface area contributed by atoms with Crippen LogP contribution in [0.3, 0.4) is 0 Å². The smallest absolute Gasteiger partial charge is 0.166 e. The monoisotopic (exact) mass is 182 g/mol. The van der Waals surface area contributed by atoms with Crippen LogP contribution in [0.15, 0.2) is 25.3 Å². The fourth-order valence-corrected chi connectivity index (χ4v) is 1.02. The number of hydrogen-bond acceptors (Lipinski definition) is 1. The molecule has 0 spiro atoms. The highest BCUT2D eigenvalue weighted by Crippen LogP contribution is 2.22. The van der Waals surface area contributed by atoms with Gasteiger partial charge in [0.05, 0.1) is 0 Å². The lowest BCUT2D eigenvalue weighted by Gasteiger charge is -2.05. The van der Waals surface area contributed by atoms with Gasteiger partial charge in [0.2, 0.25) is 0 Å². The first-order valence-corrected chi connectivity index (χ1v) is 3.56. The molecule has 0 heterocycles. The average molecular weight is 182 g/mol. The third kappa shape index (κ3) is 1.59. The van der Waals surface area contributed by atoms with Crippen LogP contribution in [0.25, 0.3) is 11.8 Å². The number of aliphatic hydroxyl groups is 1. The van der Waals surface area contributed by atoms with Crippen molar-refractivity contribution >= 4 is 11.8 Å². The van der Waals surface area contributed by atoms with E-state index in [0.29, 0.717) is 0 Å². The lowest BCUT2D eigenvalue weighted by Crippen LogP contribution is -1.94. The van der Waals surface area contributed by atoms with Crippen LogP contribution in [-0.4, -0.2) is 5.11 Å². The summed E-state index contributed by atoms with van der Waals surface area (Å²) in [6.07, 6.45) is 1.13. The number of halogens is 2. The minimum absolute atomic E-state index is 0.0764. The predicted molar refractivity (Wildman–Crippen MR) is 48.1 cm³/mol. The second kappa shape index (κ2) is 3.39. The van der Waals surface area contributed by atoms with Crippen molar-refractivity contribution in [1.29, 1.82) is 0 Å². The number of rotatable bonds is 2. The Labute approximate surface area is 74.6 Å². The van der Waals surface area contributed by atoms with Crippen LogP contribution in [0.4, 0.5) is 8.78 Å². The van der Waals surface area contributed by atoms with Gasteiger partial charge in [-0.25, -0.2) is 8.78 Å². The molecule has 1 aromatic rings. The van der Waals surface area contributed by atoms with Gasteiger partial charge in [0.1, 0.15) is 5.76 Å². The molecule has 0 saturated carbocycles. The SMILES string of the molecule is C=Cc1c(C(=C)O)ccc(F)c1F. The maximum absolute atomic E-state index is 13.0. The molecular weight excluding hydrogens is 174 g/mol. The first-order valence-electron chi connectivity index (χ1n) is 3.56. The first kappa shape index (κ1) is 9.45. The van der Waals surface area contributed by atoms with E-state index in [9.17, 15) is 8.78 Å². The van der Waals surface area contributed by atoms with E-state index in [4.69, 9.17) is 5.11 Å². The van der Waals surface area contributed by atoms with Crippen molar-refractivity contribution in [2.45, 2.75) is 0 Å². The van der Waals surface area contributed by atoms with Crippen molar-refractivity contribution < 1.29 is 13.9 Å². The van der Waals surface area contributed by atoms with E-state index >= 15 is 0 Å². The molecule has 0 bridgehead atoms. The summed E-state index contributed by atoms with van der Waals surface area (Å²) in [6, 6.07) is 2.18. The largest absolute Gasteiger partial charge is 0.508 e. The fourth-order valence-electron chi connectivity index (χ4n) is 1.02. The predicted octanol–water partition coefficient (Wildman–Crippen LogP) is 3.14. The lowest BCUT2D eigenvalue weighted by molar-refractivity contribution is 0.496. The molecule has 1 rings (SSSR count). The van der Waals surface area contributed by atoms with Crippen molar-refractivity contribution in [2.24, 2.45) is 0 Å². The van der Waals surface area contributed by atoms with E-state index in [2.05, 4.69) is 13.2 Å². The van der Waals surface area contributed by atoms with E-state index in [1.807, 2.05) is 0 Å². The molecule has 1 aromatic carbocycles. The van der Waals surface area contributed by atoms with Crippen molar-refractivity contribution in [3.05, 3.63) is 48.1 Å². The van der Waals surface area contributed by atoms with E-state index in [1.165, 1.54) is 6.07 Å². The maximum atomic E-state index is 13.0. The van der Waals surface area contributed by atoms with Crippen LogP contribution >= 0.6 is 0 Å². The van der Waals surface area contributed by atoms with Crippen molar-refractivity contribution in [1.82, 2.24) is 0 Å². The van der Waals surface area contributed by atoms with E-state index in [-0.39, 0.29) is 16.9 Å². The molecule has 13 heavy (non-hydrogen) atoms. The summed E-state index contributed by atoms with van der Waals surface area (Å²) in [7, 11) is 0. The standard InChI is InChI=1S/C10H8F2O/c1-3-7-8(6(2)13)4-5-9(11)10(7)12/h3-5,13H,1-2H2. The summed E-state index contributed by atoms with van der Waals surface area (Å²) in [5, 5.41) is 9.02. The summed E-state index contributed by atoms with van der Waals surface area (Å²) in [4.78, 5) is 0. The van der Waals surface area contributed by atoms with Crippen LogP contribution in [0.1, 0.15) is 11.1 Å². The maximum Gasteiger partial charge on any atom is 0.166 e. The Bertz CT molecular complexity index is 369. The van der Waals surface area contributed by atoms with Gasteiger partial charge in [-0.15, -0.1) is 0 Å². The fraction of sp³-hybridized carbons (Fsp3) is 0. The minimum atomic E-state index is -1.03. The number of aliphatic hydroxyl groups excluding tert-OH is 1. The molecule has 1 nitrogen and oxygen atoms in total.